The van der Waals surface area contributed by atoms with E-state index < -0.39 is 41.6 Å². The lowest BCUT2D eigenvalue weighted by molar-refractivity contribution is -0.335. The van der Waals surface area contributed by atoms with Crippen molar-refractivity contribution in [1.29, 1.82) is 0 Å². The lowest BCUT2D eigenvalue weighted by Crippen LogP contribution is -2.49. The lowest BCUT2D eigenvalue weighted by Gasteiger charge is -2.31. The second-order valence-electron chi connectivity index (χ2n) is 9.56. The van der Waals surface area contributed by atoms with E-state index in [1.165, 1.54) is 7.11 Å². The van der Waals surface area contributed by atoms with Gasteiger partial charge < -0.3 is 19.1 Å². The van der Waals surface area contributed by atoms with Crippen LogP contribution in [0.2, 0.25) is 0 Å². The fourth-order valence-electron chi connectivity index (χ4n) is 4.34. The molecule has 0 aliphatic carbocycles. The van der Waals surface area contributed by atoms with E-state index in [0.717, 1.165) is 12.8 Å². The minimum Gasteiger partial charge on any atom is -0.458 e. The van der Waals surface area contributed by atoms with Crippen LogP contribution in [0.1, 0.15) is 65.4 Å². The zero-order valence-electron chi connectivity index (χ0n) is 20.2. The Morgan fingerprint density at radius 2 is 1.94 bits per heavy atom. The van der Waals surface area contributed by atoms with E-state index in [0.29, 0.717) is 31.4 Å². The quantitative estimate of drug-likeness (QED) is 0.547. The Labute approximate surface area is 195 Å². The highest BCUT2D eigenvalue weighted by atomic mass is 16.9. The summed E-state index contributed by atoms with van der Waals surface area (Å²) in [4.78, 5) is 41.0. The number of hydrogen-bond donors (Lipinski definition) is 0. The number of esters is 2. The van der Waals surface area contributed by atoms with Crippen LogP contribution in [0.5, 0.6) is 0 Å². The van der Waals surface area contributed by atoms with Gasteiger partial charge in [0, 0.05) is 13.7 Å². The van der Waals surface area contributed by atoms with Gasteiger partial charge in [-0.1, -0.05) is 38.0 Å². The molecule has 0 saturated carbocycles. The van der Waals surface area contributed by atoms with Gasteiger partial charge in [-0.05, 0) is 52.2 Å². The fourth-order valence-corrected chi connectivity index (χ4v) is 4.34. The molecule has 8 nitrogen and oxygen atoms in total. The lowest BCUT2D eigenvalue weighted by atomic mass is 9.94. The van der Waals surface area contributed by atoms with Crippen molar-refractivity contribution in [3.8, 4) is 0 Å². The van der Waals surface area contributed by atoms with Crippen LogP contribution in [-0.2, 0) is 39.3 Å². The summed E-state index contributed by atoms with van der Waals surface area (Å²) in [7, 11) is 1.39. The monoisotopic (exact) mass is 461 g/mol. The van der Waals surface area contributed by atoms with Crippen LogP contribution < -0.4 is 0 Å². The van der Waals surface area contributed by atoms with E-state index in [1.54, 1.807) is 49.9 Å². The first-order valence-electron chi connectivity index (χ1n) is 11.7. The van der Waals surface area contributed by atoms with E-state index in [-0.39, 0.29) is 5.91 Å². The summed E-state index contributed by atoms with van der Waals surface area (Å²) in [6.45, 7) is 7.84. The molecule has 2 saturated heterocycles. The number of unbranched alkanes of at least 4 members (excludes halogenated alkanes) is 1. The highest BCUT2D eigenvalue weighted by Crippen LogP contribution is 2.40. The Kier molecular flexibility index (Phi) is 7.80. The van der Waals surface area contributed by atoms with Crippen molar-refractivity contribution in [2.45, 2.75) is 83.5 Å². The molecule has 8 heteroatoms. The maximum absolute atomic E-state index is 13.7. The number of methoxy groups -OCH3 is 1. The Balaban J connectivity index is 1.85. The maximum Gasteiger partial charge on any atom is 0.359 e. The van der Waals surface area contributed by atoms with Gasteiger partial charge in [0.2, 0.25) is 5.91 Å². The van der Waals surface area contributed by atoms with Crippen molar-refractivity contribution in [2.75, 3.05) is 13.7 Å². The largest absolute Gasteiger partial charge is 0.458 e. The second-order valence-corrected chi connectivity index (χ2v) is 9.56. The highest BCUT2D eigenvalue weighted by molar-refractivity contribution is 5.91. The first-order valence-corrected chi connectivity index (χ1v) is 11.7. The van der Waals surface area contributed by atoms with Gasteiger partial charge in [-0.2, -0.15) is 0 Å². The van der Waals surface area contributed by atoms with Gasteiger partial charge in [0.15, 0.2) is 6.10 Å². The number of carbonyl (C=O) groups excluding carboxylic acids is 3. The number of cyclic esters (lactones) is 1. The van der Waals surface area contributed by atoms with Crippen molar-refractivity contribution in [1.82, 2.24) is 4.90 Å². The van der Waals surface area contributed by atoms with Crippen LogP contribution >= 0.6 is 0 Å². The molecule has 3 rings (SSSR count). The zero-order chi connectivity index (χ0) is 24.2. The minimum absolute atomic E-state index is 0.293. The average Bonchev–Trinajstić information content (AvgIpc) is 3.39. The van der Waals surface area contributed by atoms with Crippen LogP contribution in [0.15, 0.2) is 30.3 Å². The molecular weight excluding hydrogens is 426 g/mol. The number of ether oxygens (including phenoxy) is 4. The number of rotatable bonds is 8. The summed E-state index contributed by atoms with van der Waals surface area (Å²) in [5.74, 6) is -3.86. The predicted molar refractivity (Wildman–Crippen MR) is 120 cm³/mol. The molecule has 0 N–H and O–H groups in total. The number of nitrogens with zero attached hydrogens (tertiary/aromatic N) is 1. The first-order chi connectivity index (χ1) is 15.6. The molecule has 0 spiro atoms. The van der Waals surface area contributed by atoms with Gasteiger partial charge in [-0.15, -0.1) is 0 Å². The molecule has 0 bridgehead atoms. The molecule has 182 valence electrons. The normalized spacial score (nSPS) is 26.2. The van der Waals surface area contributed by atoms with Crippen molar-refractivity contribution < 1.29 is 33.3 Å². The molecule has 1 aromatic rings. The van der Waals surface area contributed by atoms with Crippen molar-refractivity contribution in [3.05, 3.63) is 35.9 Å². The number of hydrogen-bond acceptors (Lipinski definition) is 7. The molecule has 1 aromatic carbocycles. The number of carbonyl (C=O) groups is 3. The summed E-state index contributed by atoms with van der Waals surface area (Å²) in [5, 5.41) is 0. The standard InChI is InChI=1S/C25H35NO7/c1-6-7-14-18(21(27)26-16-11-15-19(26)22(28)32-24(2,3)4)20-23(29)33-25(30-5,31-20)17-12-9-8-10-13-17/h8-10,12-13,18-20H,6-7,11,14-16H2,1-5H3/t18?,19-,20?,25?/m0/s1. The smallest absolute Gasteiger partial charge is 0.359 e. The predicted octanol–water partition coefficient (Wildman–Crippen LogP) is 3.52. The van der Waals surface area contributed by atoms with Crippen molar-refractivity contribution >= 4 is 17.8 Å². The van der Waals surface area contributed by atoms with Gasteiger partial charge in [0.1, 0.15) is 11.6 Å². The molecule has 2 aliphatic heterocycles. The van der Waals surface area contributed by atoms with E-state index in [9.17, 15) is 14.4 Å². The van der Waals surface area contributed by atoms with Crippen LogP contribution in [0.4, 0.5) is 0 Å². The average molecular weight is 462 g/mol. The first kappa shape index (κ1) is 25.2. The topological polar surface area (TPSA) is 91.4 Å². The maximum atomic E-state index is 13.7. The summed E-state index contributed by atoms with van der Waals surface area (Å²) in [6.07, 6.45) is 2.08. The summed E-state index contributed by atoms with van der Waals surface area (Å²) in [6, 6.07) is 8.21. The van der Waals surface area contributed by atoms with E-state index in [4.69, 9.17) is 18.9 Å². The molecule has 1 amide bonds. The number of likely N-dealkylation sites (tertiary alicyclic amines) is 1. The molecule has 3 unspecified atom stereocenters. The van der Waals surface area contributed by atoms with Crippen molar-refractivity contribution in [2.24, 2.45) is 5.92 Å². The van der Waals surface area contributed by atoms with Gasteiger partial charge in [-0.3, -0.25) is 9.53 Å². The van der Waals surface area contributed by atoms with Gasteiger partial charge in [-0.25, -0.2) is 9.59 Å². The highest BCUT2D eigenvalue weighted by Gasteiger charge is 2.55. The van der Waals surface area contributed by atoms with Gasteiger partial charge >= 0.3 is 17.9 Å². The van der Waals surface area contributed by atoms with Crippen molar-refractivity contribution in [3.63, 3.8) is 0 Å². The Hall–Kier alpha value is -2.45. The molecule has 2 aliphatic rings. The van der Waals surface area contributed by atoms with Crippen LogP contribution in [-0.4, -0.2) is 54.1 Å². The van der Waals surface area contributed by atoms with E-state index >= 15 is 0 Å². The zero-order valence-corrected chi connectivity index (χ0v) is 20.2. The Morgan fingerprint density at radius 3 is 2.55 bits per heavy atom. The summed E-state index contributed by atoms with van der Waals surface area (Å²) < 4.78 is 22.7. The molecule has 2 heterocycles. The van der Waals surface area contributed by atoms with Crippen LogP contribution in [0.3, 0.4) is 0 Å². The third-order valence-electron chi connectivity index (χ3n) is 5.91. The third-order valence-corrected chi connectivity index (χ3v) is 5.91. The number of benzene rings is 1. The molecule has 0 aromatic heterocycles. The fraction of sp³-hybridized carbons (Fsp3) is 0.640. The molecule has 33 heavy (non-hydrogen) atoms. The SMILES string of the molecule is CCCCC(C(=O)N1CCC[C@H]1C(=O)OC(C)(C)C)C1OC(OC)(c2ccccc2)OC1=O. The van der Waals surface area contributed by atoms with Crippen LogP contribution in [0.25, 0.3) is 0 Å². The van der Waals surface area contributed by atoms with Gasteiger partial charge in [0.05, 0.1) is 11.5 Å². The Morgan fingerprint density at radius 1 is 1.24 bits per heavy atom. The van der Waals surface area contributed by atoms with Gasteiger partial charge in [0.25, 0.3) is 0 Å². The molecule has 4 atom stereocenters. The van der Waals surface area contributed by atoms with E-state index in [1.807, 2.05) is 13.0 Å². The Bertz CT molecular complexity index is 850. The molecule has 2 fully saturated rings. The summed E-state index contributed by atoms with van der Waals surface area (Å²) in [5.41, 5.74) is -0.125. The number of amides is 1. The molecule has 0 radical (unpaired) electrons. The second kappa shape index (κ2) is 10.2. The minimum atomic E-state index is -1.71. The van der Waals surface area contributed by atoms with E-state index in [2.05, 4.69) is 0 Å². The van der Waals surface area contributed by atoms with Crippen LogP contribution in [0, 0.1) is 5.92 Å². The third kappa shape index (κ3) is 5.55. The summed E-state index contributed by atoms with van der Waals surface area (Å²) >= 11 is 0. The molecular formula is C25H35NO7.